The van der Waals surface area contributed by atoms with Gasteiger partial charge in [0.15, 0.2) is 0 Å². The van der Waals surface area contributed by atoms with Crippen LogP contribution in [0.3, 0.4) is 0 Å². The van der Waals surface area contributed by atoms with Crippen LogP contribution in [0.5, 0.6) is 0 Å². The number of amides is 1. The van der Waals surface area contributed by atoms with Gasteiger partial charge in [0.05, 0.1) is 11.1 Å². The zero-order chi connectivity index (χ0) is 14.4. The minimum absolute atomic E-state index is 0.0107. The standard InChI is InChI=1S/C14H19ClFNO2/c1-3-4-9(2)14(19)17-8-13(18)10-5-6-11(15)12(16)7-10/h5-7,9,13,18H,3-4,8H2,1-2H3,(H,17,19). The molecule has 2 N–H and O–H groups in total. The molecule has 106 valence electrons. The van der Waals surface area contributed by atoms with Gasteiger partial charge in [-0.15, -0.1) is 0 Å². The van der Waals surface area contributed by atoms with Gasteiger partial charge in [0.1, 0.15) is 5.82 Å². The molecular formula is C14H19ClFNO2. The van der Waals surface area contributed by atoms with Gasteiger partial charge >= 0.3 is 0 Å². The lowest BCUT2D eigenvalue weighted by atomic mass is 10.0. The summed E-state index contributed by atoms with van der Waals surface area (Å²) in [5.41, 5.74) is 0.394. The third kappa shape index (κ3) is 4.80. The fourth-order valence-electron chi connectivity index (χ4n) is 1.77. The number of aliphatic hydroxyl groups is 1. The van der Waals surface area contributed by atoms with Gasteiger partial charge in [0, 0.05) is 12.5 Å². The summed E-state index contributed by atoms with van der Waals surface area (Å²) in [6, 6.07) is 4.10. The molecule has 5 heteroatoms. The maximum Gasteiger partial charge on any atom is 0.222 e. The van der Waals surface area contributed by atoms with E-state index in [1.807, 2.05) is 13.8 Å². The van der Waals surface area contributed by atoms with Crippen LogP contribution in [0, 0.1) is 11.7 Å². The summed E-state index contributed by atoms with van der Waals surface area (Å²) < 4.78 is 13.2. The predicted octanol–water partition coefficient (Wildman–Crippen LogP) is 3.06. The fourth-order valence-corrected chi connectivity index (χ4v) is 1.89. The number of hydrogen-bond donors (Lipinski definition) is 2. The number of hydrogen-bond acceptors (Lipinski definition) is 2. The molecule has 1 amide bonds. The number of carbonyl (C=O) groups excluding carboxylic acids is 1. The average molecular weight is 288 g/mol. The molecule has 0 bridgehead atoms. The van der Waals surface area contributed by atoms with E-state index in [1.165, 1.54) is 18.2 Å². The van der Waals surface area contributed by atoms with Crippen molar-refractivity contribution in [3.8, 4) is 0 Å². The molecule has 2 unspecified atom stereocenters. The van der Waals surface area contributed by atoms with Crippen molar-refractivity contribution in [3.05, 3.63) is 34.6 Å². The Bertz CT molecular complexity index is 439. The number of carbonyl (C=O) groups is 1. The normalized spacial score (nSPS) is 13.9. The monoisotopic (exact) mass is 287 g/mol. The van der Waals surface area contributed by atoms with Crippen molar-refractivity contribution in [2.24, 2.45) is 5.92 Å². The molecular weight excluding hydrogens is 269 g/mol. The molecule has 0 saturated carbocycles. The average Bonchev–Trinajstić information content (AvgIpc) is 2.39. The molecule has 2 atom stereocenters. The quantitative estimate of drug-likeness (QED) is 0.845. The first-order chi connectivity index (χ1) is 8.95. The molecule has 0 radical (unpaired) electrons. The van der Waals surface area contributed by atoms with E-state index in [9.17, 15) is 14.3 Å². The lowest BCUT2D eigenvalue weighted by molar-refractivity contribution is -0.125. The number of rotatable bonds is 6. The van der Waals surface area contributed by atoms with Gasteiger partial charge in [-0.2, -0.15) is 0 Å². The molecule has 19 heavy (non-hydrogen) atoms. The van der Waals surface area contributed by atoms with E-state index >= 15 is 0 Å². The maximum absolute atomic E-state index is 13.2. The topological polar surface area (TPSA) is 49.3 Å². The molecule has 0 aliphatic rings. The first-order valence-corrected chi connectivity index (χ1v) is 6.74. The largest absolute Gasteiger partial charge is 0.387 e. The molecule has 3 nitrogen and oxygen atoms in total. The number of halogens is 2. The van der Waals surface area contributed by atoms with Crippen LogP contribution < -0.4 is 5.32 Å². The predicted molar refractivity (Wildman–Crippen MR) is 73.5 cm³/mol. The van der Waals surface area contributed by atoms with E-state index in [0.29, 0.717) is 5.56 Å². The van der Waals surface area contributed by atoms with Gasteiger partial charge in [-0.05, 0) is 24.1 Å². The number of nitrogens with one attached hydrogen (secondary N) is 1. The maximum atomic E-state index is 13.2. The molecule has 0 spiro atoms. The third-order valence-electron chi connectivity index (χ3n) is 2.97. The van der Waals surface area contributed by atoms with Crippen LogP contribution in [0.25, 0.3) is 0 Å². The lowest BCUT2D eigenvalue weighted by Crippen LogP contribution is -2.32. The van der Waals surface area contributed by atoms with Crippen LogP contribution in [0.15, 0.2) is 18.2 Å². The van der Waals surface area contributed by atoms with Crippen LogP contribution in [-0.4, -0.2) is 17.6 Å². The first kappa shape index (κ1) is 15.9. The van der Waals surface area contributed by atoms with Crippen molar-refractivity contribution in [3.63, 3.8) is 0 Å². The molecule has 0 aromatic heterocycles. The molecule has 0 fully saturated rings. The van der Waals surface area contributed by atoms with Gasteiger partial charge in [-0.3, -0.25) is 4.79 Å². The van der Waals surface area contributed by atoms with Crippen LogP contribution in [0.1, 0.15) is 38.4 Å². The summed E-state index contributed by atoms with van der Waals surface area (Å²) in [5, 5.41) is 12.5. The van der Waals surface area contributed by atoms with Crippen LogP contribution in [0.4, 0.5) is 4.39 Å². The zero-order valence-electron chi connectivity index (χ0n) is 11.1. The highest BCUT2D eigenvalue weighted by molar-refractivity contribution is 6.30. The Kier molecular flexibility index (Phi) is 6.25. The third-order valence-corrected chi connectivity index (χ3v) is 3.27. The van der Waals surface area contributed by atoms with E-state index < -0.39 is 11.9 Å². The molecule has 0 saturated heterocycles. The minimum Gasteiger partial charge on any atom is -0.387 e. The second-order valence-corrected chi connectivity index (χ2v) is 5.03. The van der Waals surface area contributed by atoms with Gasteiger partial charge in [-0.25, -0.2) is 4.39 Å². The minimum atomic E-state index is -0.940. The van der Waals surface area contributed by atoms with Crippen LogP contribution in [-0.2, 0) is 4.79 Å². The summed E-state index contributed by atoms with van der Waals surface area (Å²) in [7, 11) is 0. The highest BCUT2D eigenvalue weighted by Crippen LogP contribution is 2.20. The molecule has 1 aromatic carbocycles. The lowest BCUT2D eigenvalue weighted by Gasteiger charge is -2.15. The molecule has 1 aromatic rings. The Hall–Kier alpha value is -1.13. The zero-order valence-corrected chi connectivity index (χ0v) is 11.9. The smallest absolute Gasteiger partial charge is 0.222 e. The van der Waals surface area contributed by atoms with Crippen molar-refractivity contribution in [1.82, 2.24) is 5.32 Å². The Balaban J connectivity index is 2.53. The van der Waals surface area contributed by atoms with Crippen molar-refractivity contribution in [2.45, 2.75) is 32.8 Å². The Morgan fingerprint density at radius 1 is 1.53 bits per heavy atom. The van der Waals surface area contributed by atoms with Crippen molar-refractivity contribution in [2.75, 3.05) is 6.54 Å². The Morgan fingerprint density at radius 2 is 2.21 bits per heavy atom. The van der Waals surface area contributed by atoms with E-state index in [0.717, 1.165) is 12.8 Å². The highest BCUT2D eigenvalue weighted by atomic mass is 35.5. The molecule has 0 aliphatic carbocycles. The summed E-state index contributed by atoms with van der Waals surface area (Å²) in [6.07, 6.45) is 0.793. The molecule has 1 rings (SSSR count). The van der Waals surface area contributed by atoms with Gasteiger partial charge in [0.2, 0.25) is 5.91 Å². The second-order valence-electron chi connectivity index (χ2n) is 4.62. The SMILES string of the molecule is CCCC(C)C(=O)NCC(O)c1ccc(Cl)c(F)c1. The Morgan fingerprint density at radius 3 is 2.79 bits per heavy atom. The van der Waals surface area contributed by atoms with Crippen molar-refractivity contribution >= 4 is 17.5 Å². The fraction of sp³-hybridized carbons (Fsp3) is 0.500. The van der Waals surface area contributed by atoms with E-state index in [1.54, 1.807) is 0 Å². The van der Waals surface area contributed by atoms with Crippen molar-refractivity contribution in [1.29, 1.82) is 0 Å². The van der Waals surface area contributed by atoms with E-state index in [2.05, 4.69) is 5.32 Å². The van der Waals surface area contributed by atoms with Gasteiger partial charge < -0.3 is 10.4 Å². The van der Waals surface area contributed by atoms with Crippen LogP contribution in [0.2, 0.25) is 5.02 Å². The highest BCUT2D eigenvalue weighted by Gasteiger charge is 2.15. The van der Waals surface area contributed by atoms with Crippen molar-refractivity contribution < 1.29 is 14.3 Å². The number of aliphatic hydroxyl groups excluding tert-OH is 1. The van der Waals surface area contributed by atoms with Crippen LogP contribution >= 0.6 is 11.6 Å². The van der Waals surface area contributed by atoms with Gasteiger partial charge in [-0.1, -0.05) is 37.9 Å². The summed E-state index contributed by atoms with van der Waals surface area (Å²) >= 11 is 5.56. The summed E-state index contributed by atoms with van der Waals surface area (Å²) in [4.78, 5) is 11.7. The molecule has 0 aliphatic heterocycles. The Labute approximate surface area is 117 Å². The number of benzene rings is 1. The first-order valence-electron chi connectivity index (χ1n) is 6.36. The summed E-state index contributed by atoms with van der Waals surface area (Å²) in [5.74, 6) is -0.765. The molecule has 0 heterocycles. The second kappa shape index (κ2) is 7.46. The van der Waals surface area contributed by atoms with Gasteiger partial charge in [0.25, 0.3) is 0 Å². The summed E-state index contributed by atoms with van der Waals surface area (Å²) in [6.45, 7) is 3.91. The van der Waals surface area contributed by atoms with E-state index in [4.69, 9.17) is 11.6 Å². The van der Waals surface area contributed by atoms with E-state index in [-0.39, 0.29) is 23.4 Å².